The van der Waals surface area contributed by atoms with Gasteiger partial charge in [-0.15, -0.1) is 0 Å². The number of ether oxygens (including phenoxy) is 1. The molecule has 1 rings (SSSR count). The molecular formula is C13H17N2O3. The Labute approximate surface area is 107 Å². The second-order valence-corrected chi connectivity index (χ2v) is 3.68. The summed E-state index contributed by atoms with van der Waals surface area (Å²) in [6.45, 7) is 3.69. The molecule has 1 aromatic carbocycles. The molecule has 0 aliphatic rings. The molecule has 5 nitrogen and oxygen atoms in total. The predicted molar refractivity (Wildman–Crippen MR) is 66.5 cm³/mol. The highest BCUT2D eigenvalue weighted by atomic mass is 16.5. The number of hydrogen-bond acceptors (Lipinski definition) is 3. The largest absolute Gasteiger partial charge is 0.350 e. The molecule has 0 bridgehead atoms. The van der Waals surface area contributed by atoms with E-state index in [2.05, 4.69) is 10.6 Å². The number of carbonyl (C=O) groups excluding carboxylic acids is 2. The van der Waals surface area contributed by atoms with Crippen LogP contribution in [-0.2, 0) is 20.9 Å². The van der Waals surface area contributed by atoms with E-state index >= 15 is 0 Å². The summed E-state index contributed by atoms with van der Waals surface area (Å²) in [4.78, 5) is 22.7. The van der Waals surface area contributed by atoms with Crippen molar-refractivity contribution in [3.05, 3.63) is 35.9 Å². The highest BCUT2D eigenvalue weighted by Gasteiger charge is 2.20. The van der Waals surface area contributed by atoms with Crippen molar-refractivity contribution < 1.29 is 14.3 Å². The lowest BCUT2D eigenvalue weighted by Gasteiger charge is -2.15. The van der Waals surface area contributed by atoms with Gasteiger partial charge in [-0.1, -0.05) is 30.3 Å². The van der Waals surface area contributed by atoms with Crippen molar-refractivity contribution >= 4 is 11.8 Å². The van der Waals surface area contributed by atoms with E-state index in [0.717, 1.165) is 5.56 Å². The summed E-state index contributed by atoms with van der Waals surface area (Å²) < 4.78 is 5.13. The number of nitrogens with one attached hydrogen (secondary N) is 1. The van der Waals surface area contributed by atoms with Crippen molar-refractivity contribution in [3.63, 3.8) is 0 Å². The third-order valence-corrected chi connectivity index (χ3v) is 2.15. The Morgan fingerprint density at radius 1 is 1.33 bits per heavy atom. The Bertz CT molecular complexity index is 392. The molecule has 97 valence electrons. The van der Waals surface area contributed by atoms with Gasteiger partial charge in [-0.3, -0.25) is 9.59 Å². The Morgan fingerprint density at radius 3 is 2.56 bits per heavy atom. The van der Waals surface area contributed by atoms with Crippen molar-refractivity contribution in [3.8, 4) is 0 Å². The zero-order valence-electron chi connectivity index (χ0n) is 10.6. The SMILES string of the molecule is CCOC(NC(C)=O)C(=O)[N]Cc1ccccc1. The van der Waals surface area contributed by atoms with E-state index in [4.69, 9.17) is 4.74 Å². The standard InChI is InChI=1S/C13H17N2O3/c1-3-18-13(15-10(2)16)12(17)14-9-11-7-5-4-6-8-11/h4-8,13H,3,9H2,1-2H3,(H,15,16). The molecule has 0 fully saturated rings. The highest BCUT2D eigenvalue weighted by molar-refractivity contribution is 5.85. The van der Waals surface area contributed by atoms with Crippen molar-refractivity contribution in [1.29, 1.82) is 0 Å². The fourth-order valence-corrected chi connectivity index (χ4v) is 1.36. The van der Waals surface area contributed by atoms with Crippen molar-refractivity contribution in [2.75, 3.05) is 6.61 Å². The summed E-state index contributed by atoms with van der Waals surface area (Å²) in [6, 6.07) is 9.41. The van der Waals surface area contributed by atoms with Crippen LogP contribution in [0.4, 0.5) is 0 Å². The van der Waals surface area contributed by atoms with Crippen LogP contribution in [0.5, 0.6) is 0 Å². The minimum atomic E-state index is -0.990. The predicted octanol–water partition coefficient (Wildman–Crippen LogP) is 0.816. The zero-order chi connectivity index (χ0) is 13.4. The van der Waals surface area contributed by atoms with Gasteiger partial charge >= 0.3 is 0 Å². The Morgan fingerprint density at radius 2 is 2.00 bits per heavy atom. The van der Waals surface area contributed by atoms with E-state index < -0.39 is 12.1 Å². The number of amides is 2. The van der Waals surface area contributed by atoms with Crippen LogP contribution >= 0.6 is 0 Å². The summed E-state index contributed by atoms with van der Waals surface area (Å²) in [5.41, 5.74) is 0.934. The molecule has 1 atom stereocenters. The van der Waals surface area contributed by atoms with Gasteiger partial charge in [-0.2, -0.15) is 0 Å². The Kier molecular flexibility index (Phi) is 5.87. The van der Waals surface area contributed by atoms with E-state index in [1.807, 2.05) is 30.3 Å². The molecule has 0 aliphatic carbocycles. The fraction of sp³-hybridized carbons (Fsp3) is 0.385. The van der Waals surface area contributed by atoms with Gasteiger partial charge in [-0.25, -0.2) is 5.32 Å². The van der Waals surface area contributed by atoms with Crippen LogP contribution in [0.15, 0.2) is 30.3 Å². The first kappa shape index (κ1) is 14.2. The molecule has 0 aliphatic heterocycles. The van der Waals surface area contributed by atoms with Gasteiger partial charge in [0.05, 0.1) is 6.54 Å². The quantitative estimate of drug-likeness (QED) is 0.759. The number of hydrogen-bond donors (Lipinski definition) is 1. The number of benzene rings is 1. The van der Waals surface area contributed by atoms with Gasteiger partial charge < -0.3 is 10.1 Å². The minimum Gasteiger partial charge on any atom is -0.350 e. The van der Waals surface area contributed by atoms with E-state index in [1.165, 1.54) is 6.92 Å². The zero-order valence-corrected chi connectivity index (χ0v) is 10.6. The van der Waals surface area contributed by atoms with E-state index in [9.17, 15) is 9.59 Å². The van der Waals surface area contributed by atoms with Crippen LogP contribution in [0.25, 0.3) is 0 Å². The fourth-order valence-electron chi connectivity index (χ4n) is 1.36. The molecule has 18 heavy (non-hydrogen) atoms. The molecule has 0 saturated carbocycles. The van der Waals surface area contributed by atoms with Crippen molar-refractivity contribution in [2.45, 2.75) is 26.6 Å². The van der Waals surface area contributed by atoms with Crippen LogP contribution in [0.2, 0.25) is 0 Å². The van der Waals surface area contributed by atoms with Gasteiger partial charge in [0.2, 0.25) is 12.1 Å². The van der Waals surface area contributed by atoms with E-state index in [1.54, 1.807) is 6.92 Å². The number of rotatable bonds is 6. The highest BCUT2D eigenvalue weighted by Crippen LogP contribution is 1.99. The van der Waals surface area contributed by atoms with Crippen LogP contribution in [-0.4, -0.2) is 24.6 Å². The van der Waals surface area contributed by atoms with Gasteiger partial charge in [-0.05, 0) is 12.5 Å². The molecule has 1 radical (unpaired) electrons. The summed E-state index contributed by atoms with van der Waals surface area (Å²) in [7, 11) is 0. The molecule has 1 N–H and O–H groups in total. The monoisotopic (exact) mass is 249 g/mol. The summed E-state index contributed by atoms with van der Waals surface area (Å²) in [5.74, 6) is -0.799. The smallest absolute Gasteiger partial charge is 0.291 e. The Hall–Kier alpha value is -1.88. The second-order valence-electron chi connectivity index (χ2n) is 3.68. The minimum absolute atomic E-state index is 0.281. The van der Waals surface area contributed by atoms with E-state index in [-0.39, 0.29) is 12.5 Å². The first-order valence-electron chi connectivity index (χ1n) is 5.77. The van der Waals surface area contributed by atoms with Crippen LogP contribution in [0.1, 0.15) is 19.4 Å². The number of carbonyl (C=O) groups is 2. The molecule has 0 heterocycles. The van der Waals surface area contributed by atoms with Crippen molar-refractivity contribution in [2.24, 2.45) is 0 Å². The Balaban J connectivity index is 2.48. The third kappa shape index (κ3) is 4.97. The maximum absolute atomic E-state index is 11.7. The lowest BCUT2D eigenvalue weighted by atomic mass is 10.2. The molecule has 5 heteroatoms. The van der Waals surface area contributed by atoms with Gasteiger partial charge in [0.15, 0.2) is 0 Å². The maximum atomic E-state index is 11.7. The summed E-state index contributed by atoms with van der Waals surface area (Å²) >= 11 is 0. The van der Waals surface area contributed by atoms with E-state index in [0.29, 0.717) is 6.61 Å². The normalized spacial score (nSPS) is 11.7. The average molecular weight is 249 g/mol. The van der Waals surface area contributed by atoms with Crippen LogP contribution in [0.3, 0.4) is 0 Å². The molecule has 0 spiro atoms. The summed E-state index contributed by atoms with van der Waals surface area (Å²) in [6.07, 6.45) is -0.990. The maximum Gasteiger partial charge on any atom is 0.291 e. The van der Waals surface area contributed by atoms with Crippen molar-refractivity contribution in [1.82, 2.24) is 10.6 Å². The topological polar surface area (TPSA) is 69.5 Å². The van der Waals surface area contributed by atoms with Gasteiger partial charge in [0, 0.05) is 13.5 Å². The summed E-state index contributed by atoms with van der Waals surface area (Å²) in [5, 5.41) is 6.30. The molecule has 2 amide bonds. The first-order valence-corrected chi connectivity index (χ1v) is 5.77. The lowest BCUT2D eigenvalue weighted by Crippen LogP contribution is -2.45. The van der Waals surface area contributed by atoms with Crippen LogP contribution in [0, 0.1) is 0 Å². The average Bonchev–Trinajstić information content (AvgIpc) is 2.36. The molecule has 1 aromatic rings. The lowest BCUT2D eigenvalue weighted by molar-refractivity contribution is -0.140. The van der Waals surface area contributed by atoms with Gasteiger partial charge in [0.1, 0.15) is 0 Å². The molecule has 1 unspecified atom stereocenters. The second kappa shape index (κ2) is 7.45. The van der Waals surface area contributed by atoms with Gasteiger partial charge in [0.25, 0.3) is 5.91 Å². The third-order valence-electron chi connectivity index (χ3n) is 2.15. The first-order chi connectivity index (χ1) is 8.63. The van der Waals surface area contributed by atoms with Crippen LogP contribution < -0.4 is 10.6 Å². The molecular weight excluding hydrogens is 232 g/mol. The molecule has 0 saturated heterocycles. The number of nitrogens with zero attached hydrogens (tertiary/aromatic N) is 1. The molecule has 0 aromatic heterocycles.